The van der Waals surface area contributed by atoms with Crippen LogP contribution >= 0.6 is 23.2 Å². The number of rotatable bonds is 8. The fourth-order valence-corrected chi connectivity index (χ4v) is 4.55. The normalized spacial score (nSPS) is 17.0. The minimum Gasteiger partial charge on any atom is -0.507 e. The average Bonchev–Trinajstić information content (AvgIpc) is 3.13. The molecule has 1 fully saturated rings. The number of ether oxygens (including phenoxy) is 1. The number of amides is 1. The molecule has 6 nitrogen and oxygen atoms in total. The molecular weight excluding hydrogens is 511 g/mol. The van der Waals surface area contributed by atoms with Gasteiger partial charge in [0.15, 0.2) is 0 Å². The zero-order valence-corrected chi connectivity index (χ0v) is 22.4. The predicted octanol–water partition coefficient (Wildman–Crippen LogP) is 5.86. The minimum absolute atomic E-state index is 0.00993. The van der Waals surface area contributed by atoms with Crippen molar-refractivity contribution in [3.8, 4) is 5.75 Å². The van der Waals surface area contributed by atoms with Crippen molar-refractivity contribution in [3.63, 3.8) is 0 Å². The lowest BCUT2D eigenvalue weighted by molar-refractivity contribution is -0.140. The molecule has 0 aliphatic carbocycles. The first-order valence-corrected chi connectivity index (χ1v) is 12.6. The molecule has 3 aromatic rings. The zero-order valence-electron chi connectivity index (χ0n) is 20.9. The molecule has 0 aromatic heterocycles. The van der Waals surface area contributed by atoms with Crippen LogP contribution in [0.15, 0.2) is 72.3 Å². The zero-order chi connectivity index (χ0) is 26.7. The highest BCUT2D eigenvalue weighted by Crippen LogP contribution is 2.41. The molecule has 1 heterocycles. The Morgan fingerprint density at radius 2 is 1.70 bits per heavy atom. The van der Waals surface area contributed by atoms with Gasteiger partial charge in [-0.2, -0.15) is 0 Å². The molecule has 0 spiro atoms. The molecule has 1 unspecified atom stereocenters. The van der Waals surface area contributed by atoms with Gasteiger partial charge < -0.3 is 19.6 Å². The molecule has 1 saturated heterocycles. The van der Waals surface area contributed by atoms with Crippen molar-refractivity contribution < 1.29 is 19.4 Å². The van der Waals surface area contributed by atoms with E-state index in [0.717, 1.165) is 11.1 Å². The van der Waals surface area contributed by atoms with E-state index >= 15 is 0 Å². The number of carbonyl (C=O) groups is 2. The number of hydrogen-bond donors (Lipinski definition) is 1. The van der Waals surface area contributed by atoms with Gasteiger partial charge in [-0.05, 0) is 74.1 Å². The van der Waals surface area contributed by atoms with Crippen LogP contribution in [0, 0.1) is 6.92 Å². The standard InChI is InChI=1S/C29H28Cl2N2O4/c1-18-6-4-5-7-21(18)17-37-22-11-8-19(9-12-22)27(34)25-26(20-10-13-23(30)24(31)16-20)33(15-14-32(2)3)29(36)28(25)35/h4-13,16,26,34H,14-15,17H2,1-3H3. The fourth-order valence-electron chi connectivity index (χ4n) is 4.25. The van der Waals surface area contributed by atoms with E-state index in [1.807, 2.05) is 50.2 Å². The number of halogens is 2. The van der Waals surface area contributed by atoms with Crippen molar-refractivity contribution in [1.29, 1.82) is 0 Å². The van der Waals surface area contributed by atoms with Crippen LogP contribution < -0.4 is 4.74 Å². The second-order valence-corrected chi connectivity index (χ2v) is 10.0. The summed E-state index contributed by atoms with van der Waals surface area (Å²) in [6, 6.07) is 18.9. The van der Waals surface area contributed by atoms with Crippen LogP contribution in [-0.4, -0.2) is 53.8 Å². The van der Waals surface area contributed by atoms with Crippen molar-refractivity contribution in [3.05, 3.63) is 105 Å². The Balaban J connectivity index is 1.67. The van der Waals surface area contributed by atoms with Gasteiger partial charge in [0.25, 0.3) is 11.7 Å². The first-order chi connectivity index (χ1) is 17.7. The maximum atomic E-state index is 13.2. The third kappa shape index (κ3) is 5.82. The molecule has 4 rings (SSSR count). The van der Waals surface area contributed by atoms with Crippen LogP contribution in [0.25, 0.3) is 5.76 Å². The molecule has 1 amide bonds. The number of hydrogen-bond acceptors (Lipinski definition) is 5. The van der Waals surface area contributed by atoms with Gasteiger partial charge in [-0.1, -0.05) is 53.5 Å². The summed E-state index contributed by atoms with van der Waals surface area (Å²) in [6.45, 7) is 3.27. The number of aryl methyl sites for hydroxylation is 1. The third-order valence-electron chi connectivity index (χ3n) is 6.37. The highest BCUT2D eigenvalue weighted by Gasteiger charge is 2.46. The van der Waals surface area contributed by atoms with Gasteiger partial charge in [-0.25, -0.2) is 0 Å². The van der Waals surface area contributed by atoms with E-state index in [0.29, 0.717) is 46.6 Å². The van der Waals surface area contributed by atoms with E-state index in [4.69, 9.17) is 27.9 Å². The SMILES string of the molecule is Cc1ccccc1COc1ccc(C(O)=C2C(=O)C(=O)N(CCN(C)C)C2c2ccc(Cl)c(Cl)c2)cc1. The van der Waals surface area contributed by atoms with Crippen molar-refractivity contribution in [2.75, 3.05) is 27.2 Å². The first kappa shape index (κ1) is 26.7. The van der Waals surface area contributed by atoms with Crippen molar-refractivity contribution in [2.24, 2.45) is 0 Å². The average molecular weight is 539 g/mol. The van der Waals surface area contributed by atoms with Gasteiger partial charge in [0.05, 0.1) is 21.7 Å². The molecule has 8 heteroatoms. The molecule has 1 atom stereocenters. The fraction of sp³-hybridized carbons (Fsp3) is 0.241. The number of aliphatic hydroxyl groups is 1. The summed E-state index contributed by atoms with van der Waals surface area (Å²) >= 11 is 12.4. The van der Waals surface area contributed by atoms with Gasteiger partial charge in [0.1, 0.15) is 18.1 Å². The Kier molecular flexibility index (Phi) is 8.22. The molecule has 0 saturated carbocycles. The molecule has 1 N–H and O–H groups in total. The summed E-state index contributed by atoms with van der Waals surface area (Å²) in [7, 11) is 3.76. The summed E-state index contributed by atoms with van der Waals surface area (Å²) in [5.41, 5.74) is 3.22. The number of ketones is 1. The molecule has 192 valence electrons. The van der Waals surface area contributed by atoms with E-state index in [1.165, 1.54) is 4.90 Å². The smallest absolute Gasteiger partial charge is 0.295 e. The summed E-state index contributed by atoms with van der Waals surface area (Å²) in [4.78, 5) is 29.6. The Hall–Kier alpha value is -3.32. The molecule has 37 heavy (non-hydrogen) atoms. The van der Waals surface area contributed by atoms with Crippen LogP contribution in [0.5, 0.6) is 5.75 Å². The number of carbonyl (C=O) groups excluding carboxylic acids is 2. The number of Topliss-reactive ketones (excluding diaryl/α,β-unsaturated/α-hetero) is 1. The van der Waals surface area contributed by atoms with Gasteiger partial charge in [-0.3, -0.25) is 9.59 Å². The second-order valence-electron chi connectivity index (χ2n) is 9.21. The topological polar surface area (TPSA) is 70.1 Å². The lowest BCUT2D eigenvalue weighted by Crippen LogP contribution is -2.35. The predicted molar refractivity (Wildman–Crippen MR) is 146 cm³/mol. The molecular formula is C29H28Cl2N2O4. The van der Waals surface area contributed by atoms with Crippen molar-refractivity contribution >= 4 is 40.7 Å². The van der Waals surface area contributed by atoms with Gasteiger partial charge in [0, 0.05) is 18.7 Å². The van der Waals surface area contributed by atoms with E-state index in [2.05, 4.69) is 0 Å². The van der Waals surface area contributed by atoms with Crippen LogP contribution in [0.2, 0.25) is 10.0 Å². The quantitative estimate of drug-likeness (QED) is 0.221. The molecule has 1 aliphatic rings. The lowest BCUT2D eigenvalue weighted by atomic mass is 9.95. The Bertz CT molecular complexity index is 1350. The molecule has 1 aliphatic heterocycles. The molecule has 3 aromatic carbocycles. The number of likely N-dealkylation sites (N-methyl/N-ethyl adjacent to an activating group) is 1. The summed E-state index contributed by atoms with van der Waals surface area (Å²) in [5.74, 6) is -1.05. The van der Waals surface area contributed by atoms with Crippen molar-refractivity contribution in [1.82, 2.24) is 9.80 Å². The summed E-state index contributed by atoms with van der Waals surface area (Å²) < 4.78 is 5.90. The van der Waals surface area contributed by atoms with Gasteiger partial charge in [0.2, 0.25) is 0 Å². The summed E-state index contributed by atoms with van der Waals surface area (Å²) in [5, 5.41) is 11.9. The van der Waals surface area contributed by atoms with Crippen LogP contribution in [-0.2, 0) is 16.2 Å². The van der Waals surface area contributed by atoms with E-state index < -0.39 is 17.7 Å². The number of aliphatic hydroxyl groups excluding tert-OH is 1. The van der Waals surface area contributed by atoms with E-state index in [1.54, 1.807) is 42.5 Å². The maximum absolute atomic E-state index is 13.2. The Morgan fingerprint density at radius 3 is 2.35 bits per heavy atom. The van der Waals surface area contributed by atoms with E-state index in [9.17, 15) is 14.7 Å². The van der Waals surface area contributed by atoms with Crippen LogP contribution in [0.3, 0.4) is 0 Å². The van der Waals surface area contributed by atoms with Crippen LogP contribution in [0.1, 0.15) is 28.3 Å². The number of nitrogens with zero attached hydrogens (tertiary/aromatic N) is 2. The first-order valence-electron chi connectivity index (χ1n) is 11.8. The maximum Gasteiger partial charge on any atom is 0.295 e. The minimum atomic E-state index is -0.799. The second kappa shape index (κ2) is 11.4. The highest BCUT2D eigenvalue weighted by molar-refractivity contribution is 6.46. The lowest BCUT2D eigenvalue weighted by Gasteiger charge is -2.26. The highest BCUT2D eigenvalue weighted by atomic mass is 35.5. The Labute approximate surface area is 226 Å². The Morgan fingerprint density at radius 1 is 1.00 bits per heavy atom. The third-order valence-corrected chi connectivity index (χ3v) is 7.11. The monoisotopic (exact) mass is 538 g/mol. The van der Waals surface area contributed by atoms with Gasteiger partial charge >= 0.3 is 0 Å². The largest absolute Gasteiger partial charge is 0.507 e. The number of benzene rings is 3. The molecule has 0 bridgehead atoms. The van der Waals surface area contributed by atoms with E-state index in [-0.39, 0.29) is 11.3 Å². The van der Waals surface area contributed by atoms with Gasteiger partial charge in [-0.15, -0.1) is 0 Å². The number of likely N-dealkylation sites (tertiary alicyclic amines) is 1. The van der Waals surface area contributed by atoms with Crippen molar-refractivity contribution in [2.45, 2.75) is 19.6 Å². The van der Waals surface area contributed by atoms with Crippen LogP contribution in [0.4, 0.5) is 0 Å². The molecule has 0 radical (unpaired) electrons. The summed E-state index contributed by atoms with van der Waals surface area (Å²) in [6.07, 6.45) is 0.